The Morgan fingerprint density at radius 2 is 0.722 bits per heavy atom. The van der Waals surface area contributed by atoms with Crippen molar-refractivity contribution in [3.8, 4) is 0 Å². The Bertz CT molecular complexity index is 1040. The molecule has 0 aliphatic heterocycles. The molecule has 4 rings (SSSR count). The molecular formula is C34H40BrP. The predicted molar refractivity (Wildman–Crippen MR) is 166 cm³/mol. The Balaban J connectivity index is 1.36. The van der Waals surface area contributed by atoms with Crippen molar-refractivity contribution in [2.75, 3.05) is 6.16 Å². The third kappa shape index (κ3) is 6.37. The zero-order chi connectivity index (χ0) is 25.0. The Kier molecular flexibility index (Phi) is 9.97. The van der Waals surface area contributed by atoms with Gasteiger partial charge in [0.2, 0.25) is 0 Å². The summed E-state index contributed by atoms with van der Waals surface area (Å²) in [5.41, 5.74) is 1.48. The fourth-order valence-corrected chi connectivity index (χ4v) is 13.2. The van der Waals surface area contributed by atoms with Crippen LogP contribution >= 0.6 is 20.8 Å². The molecule has 36 heavy (non-hydrogen) atoms. The summed E-state index contributed by atoms with van der Waals surface area (Å²) in [6, 6.07) is 44.5. The molecule has 0 saturated carbocycles. The first-order valence-electron chi connectivity index (χ1n) is 13.7. The van der Waals surface area contributed by atoms with Crippen LogP contribution in [-0.4, -0.2) is 6.16 Å². The van der Waals surface area contributed by atoms with Gasteiger partial charge in [-0.15, -0.1) is 0 Å². The number of halogens is 1. The van der Waals surface area contributed by atoms with Gasteiger partial charge in [0.1, 0.15) is 0 Å². The van der Waals surface area contributed by atoms with E-state index in [1.54, 1.807) is 0 Å². The van der Waals surface area contributed by atoms with Crippen LogP contribution in [0.3, 0.4) is 0 Å². The fourth-order valence-electron chi connectivity index (χ4n) is 5.49. The Morgan fingerprint density at radius 3 is 1.14 bits per heavy atom. The number of unbranched alkanes of at least 4 members (excludes halogenated alkanes) is 7. The van der Waals surface area contributed by atoms with Gasteiger partial charge in [-0.2, -0.15) is 0 Å². The van der Waals surface area contributed by atoms with Gasteiger partial charge in [0.15, 0.2) is 0 Å². The summed E-state index contributed by atoms with van der Waals surface area (Å²) in [4.78, 5) is 0. The monoisotopic (exact) mass is 558 g/mol. The van der Waals surface area contributed by atoms with Crippen molar-refractivity contribution in [1.29, 1.82) is 0 Å². The molecule has 0 aliphatic carbocycles. The van der Waals surface area contributed by atoms with E-state index in [4.69, 9.17) is 0 Å². The summed E-state index contributed by atoms with van der Waals surface area (Å²) >= 11 is 4.58. The minimum atomic E-state index is -2.74. The number of hydrogen-bond acceptors (Lipinski definition) is 0. The summed E-state index contributed by atoms with van der Waals surface area (Å²) < 4.78 is 0. The van der Waals surface area contributed by atoms with E-state index in [1.165, 1.54) is 79.3 Å². The standard InChI is InChI=1S/C34H40BrP/c35-36(32-24-14-8-15-25-32,33-26-16-9-17-27-33,34-28-18-10-19-29-34)30-20-6-4-2-1-3-5-11-21-31-22-12-7-13-23-31/h7-10,12-19,22-29H,1-6,11,20-21,30H2. The molecule has 0 spiro atoms. The number of hydrogen-bond donors (Lipinski definition) is 0. The van der Waals surface area contributed by atoms with Crippen LogP contribution in [0.5, 0.6) is 0 Å². The number of benzene rings is 4. The van der Waals surface area contributed by atoms with Crippen molar-refractivity contribution in [3.05, 3.63) is 127 Å². The van der Waals surface area contributed by atoms with Gasteiger partial charge in [0.05, 0.1) is 0 Å². The molecule has 0 unspecified atom stereocenters. The van der Waals surface area contributed by atoms with Crippen molar-refractivity contribution in [2.24, 2.45) is 0 Å². The molecule has 0 aliphatic rings. The topological polar surface area (TPSA) is 0 Å². The minimum absolute atomic E-state index is 1.15. The molecule has 188 valence electrons. The van der Waals surface area contributed by atoms with Crippen molar-refractivity contribution < 1.29 is 0 Å². The zero-order valence-electron chi connectivity index (χ0n) is 21.4. The van der Waals surface area contributed by atoms with Crippen molar-refractivity contribution in [3.63, 3.8) is 0 Å². The SMILES string of the molecule is BrP(CCCCCCCCCCc1ccccc1)(c1ccccc1)(c1ccccc1)c1ccccc1. The van der Waals surface area contributed by atoms with E-state index in [0.717, 1.165) is 6.16 Å². The number of rotatable bonds is 14. The van der Waals surface area contributed by atoms with Gasteiger partial charge in [-0.1, -0.05) is 18.2 Å². The summed E-state index contributed by atoms with van der Waals surface area (Å²) in [6.45, 7) is 0. The molecule has 0 heterocycles. The predicted octanol–water partition coefficient (Wildman–Crippen LogP) is 9.19. The normalized spacial score (nSPS) is 12.6. The molecule has 0 fully saturated rings. The van der Waals surface area contributed by atoms with Crippen LogP contribution in [0.2, 0.25) is 0 Å². The second-order valence-corrected chi connectivity index (χ2v) is 19.0. The number of aryl methyl sites for hydroxylation is 1. The van der Waals surface area contributed by atoms with Crippen molar-refractivity contribution in [1.82, 2.24) is 0 Å². The molecule has 4 aromatic rings. The summed E-state index contributed by atoms with van der Waals surface area (Å²) in [5.74, 6) is 0. The average molecular weight is 560 g/mol. The molecule has 0 aromatic heterocycles. The molecule has 0 nitrogen and oxygen atoms in total. The molecule has 0 N–H and O–H groups in total. The van der Waals surface area contributed by atoms with Crippen LogP contribution in [0.1, 0.15) is 56.9 Å². The Labute approximate surface area is 226 Å². The van der Waals surface area contributed by atoms with Gasteiger partial charge in [0, 0.05) is 0 Å². The van der Waals surface area contributed by atoms with Crippen LogP contribution in [0.25, 0.3) is 0 Å². The maximum absolute atomic E-state index is 4.58. The van der Waals surface area contributed by atoms with Crippen LogP contribution in [0.15, 0.2) is 121 Å². The fraction of sp³-hybridized carbons (Fsp3) is 0.294. The Morgan fingerprint density at radius 1 is 0.389 bits per heavy atom. The Hall–Kier alpha value is -2.21. The van der Waals surface area contributed by atoms with E-state index < -0.39 is 5.31 Å². The average Bonchev–Trinajstić information content (AvgIpc) is 2.96. The third-order valence-corrected chi connectivity index (χ3v) is 17.6. The molecule has 2 heteroatoms. The summed E-state index contributed by atoms with van der Waals surface area (Å²) in [7, 11) is 0. The first-order chi connectivity index (χ1) is 17.7. The van der Waals surface area contributed by atoms with Gasteiger partial charge in [-0.05, 0) is 0 Å². The molecule has 4 aromatic carbocycles. The van der Waals surface area contributed by atoms with E-state index >= 15 is 0 Å². The van der Waals surface area contributed by atoms with Gasteiger partial charge in [-0.3, -0.25) is 0 Å². The van der Waals surface area contributed by atoms with Crippen molar-refractivity contribution >= 4 is 36.7 Å². The van der Waals surface area contributed by atoms with E-state index in [-0.39, 0.29) is 0 Å². The first kappa shape index (κ1) is 26.8. The molecule has 0 amide bonds. The molecule has 0 radical (unpaired) electrons. The second-order valence-electron chi connectivity index (χ2n) is 9.98. The summed E-state index contributed by atoms with van der Waals surface area (Å²) in [5, 5.41) is 1.55. The van der Waals surface area contributed by atoms with Gasteiger partial charge >= 0.3 is 209 Å². The van der Waals surface area contributed by atoms with E-state index in [0.29, 0.717) is 0 Å². The zero-order valence-corrected chi connectivity index (χ0v) is 23.9. The first-order valence-corrected chi connectivity index (χ1v) is 18.1. The third-order valence-electron chi connectivity index (χ3n) is 7.52. The van der Waals surface area contributed by atoms with Gasteiger partial charge in [0.25, 0.3) is 0 Å². The molecular weight excluding hydrogens is 519 g/mol. The summed E-state index contributed by atoms with van der Waals surface area (Å²) in [6.07, 6.45) is 13.0. The van der Waals surface area contributed by atoms with Crippen molar-refractivity contribution in [2.45, 2.75) is 57.8 Å². The van der Waals surface area contributed by atoms with E-state index in [9.17, 15) is 0 Å². The van der Waals surface area contributed by atoms with Gasteiger partial charge in [-0.25, -0.2) is 0 Å². The van der Waals surface area contributed by atoms with Crippen LogP contribution in [0, 0.1) is 0 Å². The van der Waals surface area contributed by atoms with E-state index in [1.807, 2.05) is 0 Å². The van der Waals surface area contributed by atoms with Gasteiger partial charge < -0.3 is 0 Å². The molecule has 0 atom stereocenters. The van der Waals surface area contributed by atoms with Crippen LogP contribution in [0.4, 0.5) is 0 Å². The van der Waals surface area contributed by atoms with Crippen LogP contribution in [-0.2, 0) is 6.42 Å². The van der Waals surface area contributed by atoms with E-state index in [2.05, 4.69) is 137 Å². The second kappa shape index (κ2) is 13.4. The maximum atomic E-state index is 4.58. The van der Waals surface area contributed by atoms with Crippen LogP contribution < -0.4 is 15.9 Å². The molecule has 0 saturated heterocycles. The quantitative estimate of drug-likeness (QED) is 0.107. The molecule has 0 bridgehead atoms.